The van der Waals surface area contributed by atoms with E-state index in [1.165, 1.54) is 0 Å². The molecule has 6 nitrogen and oxygen atoms in total. The minimum absolute atomic E-state index is 0.137. The molecule has 0 unspecified atom stereocenters. The average Bonchev–Trinajstić information content (AvgIpc) is 2.52. The van der Waals surface area contributed by atoms with E-state index in [0.29, 0.717) is 24.9 Å². The summed E-state index contributed by atoms with van der Waals surface area (Å²) in [5.41, 5.74) is 0.460. The van der Waals surface area contributed by atoms with Crippen LogP contribution in [0.4, 0.5) is 0 Å². The second-order valence-electron chi connectivity index (χ2n) is 5.61. The Bertz CT molecular complexity index is 620. The van der Waals surface area contributed by atoms with Gasteiger partial charge in [-0.2, -0.15) is 0 Å². The second kappa shape index (κ2) is 7.59. The normalized spacial score (nSPS) is 20.9. The van der Waals surface area contributed by atoms with Crippen molar-refractivity contribution < 1.29 is 19.5 Å². The maximum Gasteiger partial charge on any atom is 0.308 e. The number of halogens is 1. The van der Waals surface area contributed by atoms with E-state index in [2.05, 4.69) is 21.2 Å². The maximum atomic E-state index is 12.3. The van der Waals surface area contributed by atoms with Gasteiger partial charge < -0.3 is 15.3 Å². The van der Waals surface area contributed by atoms with Crippen molar-refractivity contribution >= 4 is 33.7 Å². The van der Waals surface area contributed by atoms with Crippen LogP contribution in [0.1, 0.15) is 30.1 Å². The van der Waals surface area contributed by atoms with Crippen LogP contribution in [0.15, 0.2) is 28.7 Å². The number of carbonyl (C=O) groups excluding carboxylic acids is 2. The molecular formula is C16H19BrN2O4. The Kier molecular flexibility index (Phi) is 5.76. The lowest BCUT2D eigenvalue weighted by atomic mass is 9.90. The third-order valence-corrected chi connectivity index (χ3v) is 4.61. The predicted octanol–water partition coefficient (Wildman–Crippen LogP) is 1.89. The van der Waals surface area contributed by atoms with Crippen LogP contribution in [0.5, 0.6) is 0 Å². The van der Waals surface area contributed by atoms with E-state index in [4.69, 9.17) is 0 Å². The zero-order valence-corrected chi connectivity index (χ0v) is 14.4. The molecule has 0 bridgehead atoms. The minimum Gasteiger partial charge on any atom is -0.481 e. The number of piperidine rings is 1. The smallest absolute Gasteiger partial charge is 0.308 e. The monoisotopic (exact) mass is 382 g/mol. The molecule has 1 aliphatic heterocycles. The molecule has 2 atom stereocenters. The van der Waals surface area contributed by atoms with Gasteiger partial charge in [-0.1, -0.05) is 22.0 Å². The molecule has 1 aromatic carbocycles. The molecule has 2 rings (SSSR count). The highest BCUT2D eigenvalue weighted by Gasteiger charge is 2.35. The number of aliphatic carboxylic acids is 1. The van der Waals surface area contributed by atoms with E-state index in [0.717, 1.165) is 4.47 Å². The lowest BCUT2D eigenvalue weighted by Crippen LogP contribution is -2.51. The molecule has 23 heavy (non-hydrogen) atoms. The van der Waals surface area contributed by atoms with Gasteiger partial charge in [0.2, 0.25) is 5.91 Å². The quantitative estimate of drug-likeness (QED) is 0.832. The second-order valence-corrected chi connectivity index (χ2v) is 6.52. The van der Waals surface area contributed by atoms with Crippen LogP contribution in [0.3, 0.4) is 0 Å². The summed E-state index contributed by atoms with van der Waals surface area (Å²) in [6.07, 6.45) is 1.23. The van der Waals surface area contributed by atoms with Crippen LogP contribution in [-0.4, -0.2) is 46.9 Å². The van der Waals surface area contributed by atoms with Gasteiger partial charge in [-0.3, -0.25) is 14.4 Å². The van der Waals surface area contributed by atoms with Crippen LogP contribution in [0.25, 0.3) is 0 Å². The summed E-state index contributed by atoms with van der Waals surface area (Å²) >= 11 is 3.29. The van der Waals surface area contributed by atoms with Gasteiger partial charge in [-0.15, -0.1) is 0 Å². The van der Waals surface area contributed by atoms with Crippen molar-refractivity contribution in [1.29, 1.82) is 0 Å². The van der Waals surface area contributed by atoms with Crippen molar-refractivity contribution in [2.75, 3.05) is 13.1 Å². The summed E-state index contributed by atoms with van der Waals surface area (Å²) in [4.78, 5) is 37.1. The van der Waals surface area contributed by atoms with Crippen molar-refractivity contribution in [2.24, 2.45) is 5.92 Å². The Labute approximate surface area is 143 Å². The van der Waals surface area contributed by atoms with Gasteiger partial charge in [0.1, 0.15) is 0 Å². The van der Waals surface area contributed by atoms with E-state index in [9.17, 15) is 19.5 Å². The van der Waals surface area contributed by atoms with Crippen LogP contribution in [0, 0.1) is 5.92 Å². The first-order valence-corrected chi connectivity index (χ1v) is 8.25. The SMILES string of the molecule is C[C@@H]1[C@H](C(=O)O)CCCN1C(=O)CNC(=O)c1cccc(Br)c1. The Balaban J connectivity index is 1.94. The molecule has 1 aromatic rings. The Morgan fingerprint density at radius 1 is 1.39 bits per heavy atom. The van der Waals surface area contributed by atoms with Crippen LogP contribution < -0.4 is 5.32 Å². The highest BCUT2D eigenvalue weighted by atomic mass is 79.9. The fourth-order valence-electron chi connectivity index (χ4n) is 2.81. The fourth-order valence-corrected chi connectivity index (χ4v) is 3.21. The van der Waals surface area contributed by atoms with E-state index < -0.39 is 11.9 Å². The Morgan fingerprint density at radius 2 is 2.13 bits per heavy atom. The number of likely N-dealkylation sites (tertiary alicyclic amines) is 1. The fraction of sp³-hybridized carbons (Fsp3) is 0.438. The number of hydrogen-bond acceptors (Lipinski definition) is 3. The first-order chi connectivity index (χ1) is 10.9. The number of nitrogens with one attached hydrogen (secondary N) is 1. The summed E-state index contributed by atoms with van der Waals surface area (Å²) in [5, 5.41) is 11.8. The summed E-state index contributed by atoms with van der Waals surface area (Å²) in [5.74, 6) is -2.02. The lowest BCUT2D eigenvalue weighted by Gasteiger charge is -2.37. The van der Waals surface area contributed by atoms with Gasteiger partial charge in [-0.25, -0.2) is 0 Å². The van der Waals surface area contributed by atoms with Crippen LogP contribution in [-0.2, 0) is 9.59 Å². The summed E-state index contributed by atoms with van der Waals surface area (Å²) in [6, 6.07) is 6.52. The zero-order valence-electron chi connectivity index (χ0n) is 12.8. The number of carboxylic acids is 1. The van der Waals surface area contributed by atoms with E-state index in [1.54, 1.807) is 30.0 Å². The van der Waals surface area contributed by atoms with Crippen molar-refractivity contribution in [3.63, 3.8) is 0 Å². The number of benzene rings is 1. The molecule has 1 aliphatic rings. The molecule has 1 fully saturated rings. The van der Waals surface area contributed by atoms with Crippen molar-refractivity contribution in [3.05, 3.63) is 34.3 Å². The standard InChI is InChI=1S/C16H19BrN2O4/c1-10-13(16(22)23)6-3-7-19(10)14(20)9-18-15(21)11-4-2-5-12(17)8-11/h2,4-5,8,10,13H,3,6-7,9H2,1H3,(H,18,21)(H,22,23)/t10-,13-/m1/s1. The molecular weight excluding hydrogens is 364 g/mol. The molecule has 1 saturated heterocycles. The van der Waals surface area contributed by atoms with Crippen molar-refractivity contribution in [2.45, 2.75) is 25.8 Å². The molecule has 0 aliphatic carbocycles. The molecule has 0 aromatic heterocycles. The van der Waals surface area contributed by atoms with Crippen molar-refractivity contribution in [1.82, 2.24) is 10.2 Å². The number of carbonyl (C=O) groups is 3. The van der Waals surface area contributed by atoms with Gasteiger partial charge in [0.15, 0.2) is 0 Å². The maximum absolute atomic E-state index is 12.3. The van der Waals surface area contributed by atoms with Gasteiger partial charge in [0, 0.05) is 22.6 Å². The summed E-state index contributed by atoms with van der Waals surface area (Å²) < 4.78 is 0.783. The van der Waals surface area contributed by atoms with E-state index in [1.807, 2.05) is 6.07 Å². The third-order valence-electron chi connectivity index (χ3n) is 4.11. The minimum atomic E-state index is -0.881. The zero-order chi connectivity index (χ0) is 17.0. The predicted molar refractivity (Wildman–Crippen MR) is 88.0 cm³/mol. The molecule has 1 heterocycles. The average molecular weight is 383 g/mol. The number of carboxylic acid groups (broad SMARTS) is 1. The summed E-state index contributed by atoms with van der Waals surface area (Å²) in [7, 11) is 0. The van der Waals surface area contributed by atoms with Gasteiger partial charge in [0.05, 0.1) is 12.5 Å². The van der Waals surface area contributed by atoms with Crippen LogP contribution in [0.2, 0.25) is 0 Å². The van der Waals surface area contributed by atoms with Gasteiger partial charge in [0.25, 0.3) is 5.91 Å². The molecule has 2 N–H and O–H groups in total. The van der Waals surface area contributed by atoms with E-state index in [-0.39, 0.29) is 24.4 Å². The molecule has 2 amide bonds. The Morgan fingerprint density at radius 3 is 2.78 bits per heavy atom. The summed E-state index contributed by atoms with van der Waals surface area (Å²) in [6.45, 7) is 2.13. The van der Waals surface area contributed by atoms with Gasteiger partial charge in [-0.05, 0) is 38.0 Å². The van der Waals surface area contributed by atoms with Gasteiger partial charge >= 0.3 is 5.97 Å². The molecule has 0 spiro atoms. The number of rotatable bonds is 4. The topological polar surface area (TPSA) is 86.7 Å². The first kappa shape index (κ1) is 17.5. The largest absolute Gasteiger partial charge is 0.481 e. The highest BCUT2D eigenvalue weighted by molar-refractivity contribution is 9.10. The molecule has 7 heteroatoms. The number of nitrogens with zero attached hydrogens (tertiary/aromatic N) is 1. The highest BCUT2D eigenvalue weighted by Crippen LogP contribution is 2.23. The number of hydrogen-bond donors (Lipinski definition) is 2. The Hall–Kier alpha value is -1.89. The van der Waals surface area contributed by atoms with Crippen LogP contribution >= 0.6 is 15.9 Å². The first-order valence-electron chi connectivity index (χ1n) is 7.46. The third kappa shape index (κ3) is 4.31. The van der Waals surface area contributed by atoms with E-state index >= 15 is 0 Å². The molecule has 124 valence electrons. The number of amides is 2. The van der Waals surface area contributed by atoms with Crippen molar-refractivity contribution in [3.8, 4) is 0 Å². The lowest BCUT2D eigenvalue weighted by molar-refractivity contribution is -0.148. The molecule has 0 saturated carbocycles. The molecule has 0 radical (unpaired) electrons.